The highest BCUT2D eigenvalue weighted by molar-refractivity contribution is 7.92. The number of amides is 1. The molecule has 0 radical (unpaired) electrons. The van der Waals surface area contributed by atoms with Gasteiger partial charge in [-0.15, -0.1) is 0 Å². The molecule has 0 aromatic heterocycles. The van der Waals surface area contributed by atoms with Crippen LogP contribution in [0.25, 0.3) is 0 Å². The van der Waals surface area contributed by atoms with Crippen LogP contribution in [0.3, 0.4) is 0 Å². The van der Waals surface area contributed by atoms with Crippen molar-refractivity contribution in [1.82, 2.24) is 0 Å². The van der Waals surface area contributed by atoms with Crippen LogP contribution in [0.5, 0.6) is 0 Å². The van der Waals surface area contributed by atoms with E-state index in [-0.39, 0.29) is 16.4 Å². The van der Waals surface area contributed by atoms with E-state index in [2.05, 4.69) is 4.99 Å². The molecule has 4 N–H and O–H groups in total. The monoisotopic (exact) mass is 382 g/mol. The van der Waals surface area contributed by atoms with Crippen molar-refractivity contribution >= 4 is 27.4 Å². The summed E-state index contributed by atoms with van der Waals surface area (Å²) in [6, 6.07) is 2.17. The van der Waals surface area contributed by atoms with Crippen LogP contribution in [0.4, 0.5) is 5.69 Å². The summed E-state index contributed by atoms with van der Waals surface area (Å²) in [6.07, 6.45) is 2.29. The number of carbonyl (C=O) groups is 1. The molecule has 1 aromatic carbocycles. The highest BCUT2D eigenvalue weighted by atomic mass is 32.2. The molecular formula is C16H22N4O5S. The molecule has 1 fully saturated rings. The minimum Gasteiger partial charge on any atom is -0.370 e. The highest BCUT2D eigenvalue weighted by Crippen LogP contribution is 2.38. The second-order valence-electron chi connectivity index (χ2n) is 6.42. The molecule has 26 heavy (non-hydrogen) atoms. The maximum Gasteiger partial charge on any atom is 0.288 e. The summed E-state index contributed by atoms with van der Waals surface area (Å²) in [5.74, 6) is -1.40. The largest absolute Gasteiger partial charge is 0.370 e. The average Bonchev–Trinajstić information content (AvgIpc) is 2.99. The number of sulfone groups is 1. The first-order valence-corrected chi connectivity index (χ1v) is 9.83. The van der Waals surface area contributed by atoms with Crippen LogP contribution in [0, 0.1) is 16.0 Å². The molecule has 0 aliphatic heterocycles. The summed E-state index contributed by atoms with van der Waals surface area (Å²) in [5.41, 5.74) is 10.0. The van der Waals surface area contributed by atoms with Crippen LogP contribution in [0.15, 0.2) is 22.0 Å². The molecule has 142 valence electrons. The quantitative estimate of drug-likeness (QED) is 0.338. The zero-order valence-corrected chi connectivity index (χ0v) is 15.5. The van der Waals surface area contributed by atoms with Gasteiger partial charge in [0.05, 0.1) is 15.7 Å². The van der Waals surface area contributed by atoms with Crippen molar-refractivity contribution in [2.24, 2.45) is 22.4 Å². The first-order chi connectivity index (χ1) is 12.1. The van der Waals surface area contributed by atoms with Crippen LogP contribution < -0.4 is 11.5 Å². The standard InChI is InChI=1S/C16H22N4O5S/c1-3-10-7-14(26(24,25)13-6-4-5-9(13)2)12(20(22)23)8-11(10)15(21)19-16(17)18/h7-9,13H,3-6H2,1-2H3,(H4,17,18,19,21). The number of nitrogens with zero attached hydrogens (tertiary/aromatic N) is 2. The molecule has 9 nitrogen and oxygen atoms in total. The number of carbonyl (C=O) groups excluding carboxylic acids is 1. The van der Waals surface area contributed by atoms with Gasteiger partial charge < -0.3 is 11.5 Å². The molecule has 0 spiro atoms. The molecule has 1 aliphatic rings. The predicted molar refractivity (Wildman–Crippen MR) is 96.6 cm³/mol. The maximum atomic E-state index is 13.0. The van der Waals surface area contributed by atoms with E-state index in [1.165, 1.54) is 6.07 Å². The summed E-state index contributed by atoms with van der Waals surface area (Å²) in [5, 5.41) is 10.8. The van der Waals surface area contributed by atoms with Gasteiger partial charge in [-0.05, 0) is 36.8 Å². The van der Waals surface area contributed by atoms with Gasteiger partial charge in [-0.3, -0.25) is 14.9 Å². The Hall–Kier alpha value is -2.49. The molecule has 1 amide bonds. The van der Waals surface area contributed by atoms with Gasteiger partial charge in [0.15, 0.2) is 15.8 Å². The number of aryl methyl sites for hydroxylation is 1. The average molecular weight is 382 g/mol. The van der Waals surface area contributed by atoms with Crippen LogP contribution in [-0.4, -0.2) is 30.5 Å². The Balaban J connectivity index is 2.69. The number of aliphatic imine (C=N–C) groups is 1. The Kier molecular flexibility index (Phi) is 5.65. The second-order valence-corrected chi connectivity index (χ2v) is 8.56. The third-order valence-corrected chi connectivity index (χ3v) is 7.15. The molecule has 0 heterocycles. The van der Waals surface area contributed by atoms with Crippen LogP contribution in [-0.2, 0) is 16.3 Å². The van der Waals surface area contributed by atoms with E-state index in [1.54, 1.807) is 6.92 Å². The molecular weight excluding hydrogens is 360 g/mol. The molecule has 2 atom stereocenters. The van der Waals surface area contributed by atoms with Crippen LogP contribution >= 0.6 is 0 Å². The summed E-state index contributed by atoms with van der Waals surface area (Å²) < 4.78 is 26.1. The van der Waals surface area contributed by atoms with Gasteiger partial charge in [-0.1, -0.05) is 20.3 Å². The number of hydrogen-bond donors (Lipinski definition) is 2. The molecule has 10 heteroatoms. The van der Waals surface area contributed by atoms with Gasteiger partial charge in [0.1, 0.15) is 4.90 Å². The van der Waals surface area contributed by atoms with Crippen molar-refractivity contribution in [2.75, 3.05) is 0 Å². The van der Waals surface area contributed by atoms with Gasteiger partial charge in [0.25, 0.3) is 11.6 Å². The van der Waals surface area contributed by atoms with Gasteiger partial charge in [-0.25, -0.2) is 8.42 Å². The fourth-order valence-corrected chi connectivity index (χ4v) is 5.67. The summed E-state index contributed by atoms with van der Waals surface area (Å²) in [6.45, 7) is 3.54. The lowest BCUT2D eigenvalue weighted by atomic mass is 10.0. The van der Waals surface area contributed by atoms with Gasteiger partial charge in [0.2, 0.25) is 0 Å². The van der Waals surface area contributed by atoms with Crippen molar-refractivity contribution in [3.8, 4) is 0 Å². The molecule has 2 rings (SSSR count). The summed E-state index contributed by atoms with van der Waals surface area (Å²) in [7, 11) is -3.90. The lowest BCUT2D eigenvalue weighted by Crippen LogP contribution is -2.26. The highest BCUT2D eigenvalue weighted by Gasteiger charge is 2.40. The third-order valence-electron chi connectivity index (χ3n) is 4.71. The van der Waals surface area contributed by atoms with Crippen molar-refractivity contribution in [2.45, 2.75) is 49.7 Å². The topological polar surface area (TPSA) is 159 Å². The SMILES string of the molecule is CCc1cc(S(=O)(=O)C2CCCC2C)c([N+](=O)[O-])cc1C(=O)N=C(N)N. The van der Waals surface area contributed by atoms with Crippen LogP contribution in [0.2, 0.25) is 0 Å². The Bertz CT molecular complexity index is 875. The first-order valence-electron chi connectivity index (χ1n) is 8.28. The predicted octanol–water partition coefficient (Wildman–Crippen LogP) is 1.53. The Morgan fingerprint density at radius 1 is 1.35 bits per heavy atom. The molecule has 1 aromatic rings. The number of nitro groups is 1. The summed E-state index contributed by atoms with van der Waals surface area (Å²) in [4.78, 5) is 25.9. The Morgan fingerprint density at radius 3 is 2.46 bits per heavy atom. The van der Waals surface area contributed by atoms with E-state index in [1.807, 2.05) is 6.92 Å². The van der Waals surface area contributed by atoms with Crippen molar-refractivity contribution in [3.63, 3.8) is 0 Å². The molecule has 1 saturated carbocycles. The Labute approximate surface area is 151 Å². The van der Waals surface area contributed by atoms with E-state index in [4.69, 9.17) is 11.5 Å². The Morgan fingerprint density at radius 2 is 2.00 bits per heavy atom. The minimum atomic E-state index is -3.90. The fraction of sp³-hybridized carbons (Fsp3) is 0.500. The van der Waals surface area contributed by atoms with E-state index in [0.29, 0.717) is 18.4 Å². The first kappa shape index (κ1) is 19.8. The molecule has 1 aliphatic carbocycles. The number of nitrogens with two attached hydrogens (primary N) is 2. The number of hydrogen-bond acceptors (Lipinski definition) is 5. The third kappa shape index (κ3) is 3.69. The van der Waals surface area contributed by atoms with E-state index in [0.717, 1.165) is 18.9 Å². The van der Waals surface area contributed by atoms with Gasteiger partial charge in [0, 0.05) is 6.07 Å². The molecule has 0 bridgehead atoms. The van der Waals surface area contributed by atoms with E-state index < -0.39 is 37.6 Å². The number of nitro benzene ring substituents is 1. The van der Waals surface area contributed by atoms with Crippen molar-refractivity contribution in [3.05, 3.63) is 33.4 Å². The number of benzene rings is 1. The van der Waals surface area contributed by atoms with Gasteiger partial charge >= 0.3 is 0 Å². The normalized spacial score (nSPS) is 19.9. The van der Waals surface area contributed by atoms with Crippen molar-refractivity contribution < 1.29 is 18.1 Å². The number of guanidine groups is 1. The minimum absolute atomic E-state index is 0.0763. The smallest absolute Gasteiger partial charge is 0.288 e. The maximum absolute atomic E-state index is 13.0. The fourth-order valence-electron chi connectivity index (χ4n) is 3.39. The lowest BCUT2D eigenvalue weighted by Gasteiger charge is -2.17. The van der Waals surface area contributed by atoms with E-state index in [9.17, 15) is 23.3 Å². The van der Waals surface area contributed by atoms with Crippen molar-refractivity contribution in [1.29, 1.82) is 0 Å². The number of rotatable bonds is 5. The van der Waals surface area contributed by atoms with Gasteiger partial charge in [-0.2, -0.15) is 4.99 Å². The second kappa shape index (κ2) is 7.40. The lowest BCUT2D eigenvalue weighted by molar-refractivity contribution is -0.387. The molecule has 2 unspecified atom stereocenters. The molecule has 0 saturated heterocycles. The zero-order valence-electron chi connectivity index (χ0n) is 14.6. The summed E-state index contributed by atoms with van der Waals surface area (Å²) >= 11 is 0. The van der Waals surface area contributed by atoms with Crippen LogP contribution in [0.1, 0.15) is 49.0 Å². The van der Waals surface area contributed by atoms with E-state index >= 15 is 0 Å². The zero-order chi connectivity index (χ0) is 19.6.